The van der Waals surface area contributed by atoms with Gasteiger partial charge in [0.25, 0.3) is 5.89 Å². The number of amides is 1. The number of hydrogen-bond acceptors (Lipinski definition) is 6. The van der Waals surface area contributed by atoms with Crippen LogP contribution in [-0.4, -0.2) is 26.8 Å². The first kappa shape index (κ1) is 18.8. The molecule has 0 saturated carbocycles. The van der Waals surface area contributed by atoms with E-state index >= 15 is 0 Å². The molecule has 1 N–H and O–H groups in total. The van der Waals surface area contributed by atoms with Gasteiger partial charge in [-0.1, -0.05) is 59.4 Å². The van der Waals surface area contributed by atoms with Gasteiger partial charge in [-0.25, -0.2) is 9.37 Å². The topological polar surface area (TPSA) is 80.9 Å². The van der Waals surface area contributed by atoms with Gasteiger partial charge in [0, 0.05) is 11.8 Å². The van der Waals surface area contributed by atoms with Crippen molar-refractivity contribution in [3.8, 4) is 22.8 Å². The molecule has 4 aromatic rings. The van der Waals surface area contributed by atoms with Gasteiger partial charge in [-0.2, -0.15) is 4.98 Å². The molecule has 8 heteroatoms. The van der Waals surface area contributed by atoms with Crippen molar-refractivity contribution in [2.45, 2.75) is 5.03 Å². The SMILES string of the molecule is O=C(CSc1ccc(-c2nc(-c3ccccc3)no2)cn1)Nc1ccccc1F. The summed E-state index contributed by atoms with van der Waals surface area (Å²) < 4.78 is 18.9. The molecule has 29 heavy (non-hydrogen) atoms. The standard InChI is InChI=1S/C21H15FN4O2S/c22-16-8-4-5-9-17(16)24-18(27)13-29-19-11-10-15(12-23-19)21-25-20(26-28-21)14-6-2-1-3-7-14/h1-12H,13H2,(H,24,27). The lowest BCUT2D eigenvalue weighted by molar-refractivity contribution is -0.113. The zero-order valence-corrected chi connectivity index (χ0v) is 15.9. The Morgan fingerprint density at radius 1 is 1.00 bits per heavy atom. The minimum Gasteiger partial charge on any atom is -0.334 e. The highest BCUT2D eigenvalue weighted by Gasteiger charge is 2.12. The van der Waals surface area contributed by atoms with E-state index < -0.39 is 5.82 Å². The van der Waals surface area contributed by atoms with Crippen LogP contribution in [0.2, 0.25) is 0 Å². The Bertz CT molecular complexity index is 1120. The van der Waals surface area contributed by atoms with Crippen LogP contribution in [0, 0.1) is 5.82 Å². The number of hydrogen-bond donors (Lipinski definition) is 1. The van der Waals surface area contributed by atoms with E-state index in [0.717, 1.165) is 5.56 Å². The number of anilines is 1. The van der Waals surface area contributed by atoms with Crippen molar-refractivity contribution in [1.29, 1.82) is 0 Å². The number of pyridine rings is 1. The highest BCUT2D eigenvalue weighted by Crippen LogP contribution is 2.24. The summed E-state index contributed by atoms with van der Waals surface area (Å²) in [7, 11) is 0. The molecule has 0 radical (unpaired) electrons. The predicted molar refractivity (Wildman–Crippen MR) is 109 cm³/mol. The first-order valence-electron chi connectivity index (χ1n) is 8.72. The molecular formula is C21H15FN4O2S. The molecule has 2 aromatic carbocycles. The number of carbonyl (C=O) groups is 1. The summed E-state index contributed by atoms with van der Waals surface area (Å²) in [6.07, 6.45) is 1.61. The molecule has 0 spiro atoms. The number of rotatable bonds is 6. The Kier molecular flexibility index (Phi) is 5.62. The van der Waals surface area contributed by atoms with Crippen LogP contribution in [0.15, 0.2) is 82.5 Å². The third kappa shape index (κ3) is 4.67. The Labute approximate surface area is 170 Å². The van der Waals surface area contributed by atoms with Crippen LogP contribution < -0.4 is 5.32 Å². The first-order chi connectivity index (χ1) is 14.2. The van der Waals surface area contributed by atoms with Crippen LogP contribution in [0.1, 0.15) is 0 Å². The summed E-state index contributed by atoms with van der Waals surface area (Å²) in [6.45, 7) is 0. The molecule has 2 heterocycles. The summed E-state index contributed by atoms with van der Waals surface area (Å²) in [6, 6.07) is 19.1. The van der Waals surface area contributed by atoms with Crippen LogP contribution >= 0.6 is 11.8 Å². The van der Waals surface area contributed by atoms with Crippen molar-refractivity contribution in [2.75, 3.05) is 11.1 Å². The fourth-order valence-electron chi connectivity index (χ4n) is 2.53. The number of nitrogens with zero attached hydrogens (tertiary/aromatic N) is 3. The van der Waals surface area contributed by atoms with Gasteiger partial charge in [0.1, 0.15) is 5.82 Å². The van der Waals surface area contributed by atoms with Crippen molar-refractivity contribution in [2.24, 2.45) is 0 Å². The van der Waals surface area contributed by atoms with Gasteiger partial charge < -0.3 is 9.84 Å². The first-order valence-corrected chi connectivity index (χ1v) is 9.70. The number of thioether (sulfide) groups is 1. The summed E-state index contributed by atoms with van der Waals surface area (Å²) in [5.41, 5.74) is 1.70. The molecule has 0 aliphatic heterocycles. The molecule has 1 amide bonds. The van der Waals surface area contributed by atoms with Crippen molar-refractivity contribution >= 4 is 23.4 Å². The molecule has 0 atom stereocenters. The number of aromatic nitrogens is 3. The van der Waals surface area contributed by atoms with Gasteiger partial charge in [-0.3, -0.25) is 4.79 Å². The van der Waals surface area contributed by atoms with Gasteiger partial charge in [0.05, 0.1) is 22.0 Å². The summed E-state index contributed by atoms with van der Waals surface area (Å²) in [4.78, 5) is 20.7. The number of benzene rings is 2. The smallest absolute Gasteiger partial charge is 0.259 e. The normalized spacial score (nSPS) is 10.7. The van der Waals surface area contributed by atoms with Crippen LogP contribution in [0.5, 0.6) is 0 Å². The summed E-state index contributed by atoms with van der Waals surface area (Å²) in [5.74, 6) is 0.201. The number of halogens is 1. The lowest BCUT2D eigenvalue weighted by atomic mass is 10.2. The van der Waals surface area contributed by atoms with E-state index in [1.807, 2.05) is 30.3 Å². The van der Waals surface area contributed by atoms with E-state index in [1.165, 1.54) is 23.9 Å². The summed E-state index contributed by atoms with van der Waals surface area (Å²) in [5, 5.41) is 7.18. The van der Waals surface area contributed by atoms with Crippen molar-refractivity contribution < 1.29 is 13.7 Å². The quantitative estimate of drug-likeness (QED) is 0.469. The van der Waals surface area contributed by atoms with E-state index in [1.54, 1.807) is 30.5 Å². The zero-order chi connectivity index (χ0) is 20.1. The molecule has 0 bridgehead atoms. The Morgan fingerprint density at radius 2 is 1.79 bits per heavy atom. The van der Waals surface area contributed by atoms with Gasteiger partial charge in [-0.05, 0) is 24.3 Å². The third-order valence-corrected chi connectivity index (χ3v) is 4.88. The zero-order valence-electron chi connectivity index (χ0n) is 15.1. The average molecular weight is 406 g/mol. The number of nitrogens with one attached hydrogen (secondary N) is 1. The van der Waals surface area contributed by atoms with Gasteiger partial charge in [0.2, 0.25) is 11.7 Å². The highest BCUT2D eigenvalue weighted by molar-refractivity contribution is 7.99. The highest BCUT2D eigenvalue weighted by atomic mass is 32.2. The molecule has 0 fully saturated rings. The van der Waals surface area contributed by atoms with Gasteiger partial charge in [0.15, 0.2) is 0 Å². The summed E-state index contributed by atoms with van der Waals surface area (Å²) >= 11 is 1.25. The number of para-hydroxylation sites is 1. The molecule has 4 rings (SSSR count). The molecule has 0 saturated heterocycles. The second-order valence-electron chi connectivity index (χ2n) is 5.99. The minimum absolute atomic E-state index is 0.111. The minimum atomic E-state index is -0.470. The second kappa shape index (κ2) is 8.66. The van der Waals surface area contributed by atoms with E-state index in [0.29, 0.717) is 22.3 Å². The third-order valence-electron chi connectivity index (χ3n) is 3.94. The molecule has 144 valence electrons. The van der Waals surface area contributed by atoms with Crippen molar-refractivity contribution in [3.05, 3.63) is 78.7 Å². The van der Waals surface area contributed by atoms with Crippen molar-refractivity contribution in [3.63, 3.8) is 0 Å². The Hall–Kier alpha value is -3.52. The van der Waals surface area contributed by atoms with Crippen LogP contribution in [0.25, 0.3) is 22.8 Å². The van der Waals surface area contributed by atoms with E-state index in [2.05, 4.69) is 20.4 Å². The van der Waals surface area contributed by atoms with Gasteiger partial charge >= 0.3 is 0 Å². The molecule has 2 aromatic heterocycles. The lowest BCUT2D eigenvalue weighted by Gasteiger charge is -2.05. The van der Waals surface area contributed by atoms with E-state index in [9.17, 15) is 9.18 Å². The van der Waals surface area contributed by atoms with Crippen LogP contribution in [0.4, 0.5) is 10.1 Å². The molecule has 0 aliphatic rings. The predicted octanol–water partition coefficient (Wildman–Crippen LogP) is 4.67. The van der Waals surface area contributed by atoms with Crippen LogP contribution in [-0.2, 0) is 4.79 Å². The van der Waals surface area contributed by atoms with Crippen LogP contribution in [0.3, 0.4) is 0 Å². The average Bonchev–Trinajstić information content (AvgIpc) is 3.25. The molecule has 0 aliphatic carbocycles. The molecular weight excluding hydrogens is 391 g/mol. The molecule has 6 nitrogen and oxygen atoms in total. The maximum atomic E-state index is 13.6. The monoisotopic (exact) mass is 406 g/mol. The number of carbonyl (C=O) groups excluding carboxylic acids is 1. The van der Waals surface area contributed by atoms with E-state index in [-0.39, 0.29) is 17.3 Å². The maximum absolute atomic E-state index is 13.6. The Morgan fingerprint density at radius 3 is 2.55 bits per heavy atom. The fourth-order valence-corrected chi connectivity index (χ4v) is 3.17. The molecule has 0 unspecified atom stereocenters. The second-order valence-corrected chi connectivity index (χ2v) is 6.99. The fraction of sp³-hybridized carbons (Fsp3) is 0.0476. The Balaban J connectivity index is 1.37. The van der Waals surface area contributed by atoms with Crippen molar-refractivity contribution in [1.82, 2.24) is 15.1 Å². The largest absolute Gasteiger partial charge is 0.334 e. The maximum Gasteiger partial charge on any atom is 0.259 e. The van der Waals surface area contributed by atoms with E-state index in [4.69, 9.17) is 4.52 Å². The van der Waals surface area contributed by atoms with Gasteiger partial charge in [-0.15, -0.1) is 0 Å². The lowest BCUT2D eigenvalue weighted by Crippen LogP contribution is -2.15.